The van der Waals surface area contributed by atoms with Gasteiger partial charge in [-0.3, -0.25) is 0 Å². The molecule has 0 spiro atoms. The van der Waals surface area contributed by atoms with Gasteiger partial charge >= 0.3 is 5.97 Å². The van der Waals surface area contributed by atoms with Crippen molar-refractivity contribution in [3.8, 4) is 0 Å². The summed E-state index contributed by atoms with van der Waals surface area (Å²) < 4.78 is 11.0. The number of ether oxygens (including phenoxy) is 2. The lowest BCUT2D eigenvalue weighted by molar-refractivity contribution is -0.178. The molecule has 0 saturated carbocycles. The van der Waals surface area contributed by atoms with Gasteiger partial charge in [-0.1, -0.05) is 29.4 Å². The normalized spacial score (nSPS) is 37.4. The molecule has 0 N–H and O–H groups in total. The molecular weight excluding hydrogens is 246 g/mol. The van der Waals surface area contributed by atoms with Crippen LogP contribution < -0.4 is 0 Å². The molecule has 4 atom stereocenters. The minimum absolute atomic E-state index is 0.00556. The van der Waals surface area contributed by atoms with Crippen LogP contribution in [-0.4, -0.2) is 24.9 Å². The van der Waals surface area contributed by atoms with Crippen LogP contribution in [0.25, 0.3) is 0 Å². The third kappa shape index (κ3) is 1.06. The van der Waals surface area contributed by atoms with Crippen molar-refractivity contribution in [2.45, 2.75) is 24.7 Å². The van der Waals surface area contributed by atoms with Gasteiger partial charge in [0.15, 0.2) is 6.10 Å². The van der Waals surface area contributed by atoms with E-state index in [2.05, 4.69) is 5.16 Å². The number of oxime groups is 1. The van der Waals surface area contributed by atoms with E-state index in [1.807, 2.05) is 31.2 Å². The van der Waals surface area contributed by atoms with Gasteiger partial charge in [-0.25, -0.2) is 4.79 Å². The SMILES string of the molecule is COC(=O)[C@@]12O[C@@H](c3ccccc31)[C@@H]1C(C)=NO[C@@H]12. The van der Waals surface area contributed by atoms with Gasteiger partial charge in [0.25, 0.3) is 0 Å². The van der Waals surface area contributed by atoms with Crippen LogP contribution in [0, 0.1) is 5.92 Å². The van der Waals surface area contributed by atoms with E-state index in [1.54, 1.807) is 0 Å². The van der Waals surface area contributed by atoms with Gasteiger partial charge in [-0.2, -0.15) is 0 Å². The van der Waals surface area contributed by atoms with Gasteiger partial charge in [0, 0.05) is 5.56 Å². The highest BCUT2D eigenvalue weighted by atomic mass is 16.7. The number of carbonyl (C=O) groups is 1. The number of rotatable bonds is 1. The first-order chi connectivity index (χ1) is 9.20. The quantitative estimate of drug-likeness (QED) is 0.718. The molecule has 98 valence electrons. The minimum Gasteiger partial charge on any atom is -0.467 e. The first kappa shape index (κ1) is 11.0. The number of hydrogen-bond acceptors (Lipinski definition) is 5. The number of carbonyl (C=O) groups excluding carboxylic acids is 1. The summed E-state index contributed by atoms with van der Waals surface area (Å²) in [6.07, 6.45) is -0.591. The summed E-state index contributed by atoms with van der Waals surface area (Å²) >= 11 is 0. The molecule has 5 nitrogen and oxygen atoms in total. The van der Waals surface area contributed by atoms with Crippen molar-refractivity contribution < 1.29 is 19.1 Å². The van der Waals surface area contributed by atoms with Crippen molar-refractivity contribution >= 4 is 11.7 Å². The Morgan fingerprint density at radius 2 is 2.21 bits per heavy atom. The number of methoxy groups -OCH3 is 1. The van der Waals surface area contributed by atoms with Crippen LogP contribution in [0.4, 0.5) is 0 Å². The smallest absolute Gasteiger partial charge is 0.347 e. The second kappa shape index (κ2) is 3.36. The lowest BCUT2D eigenvalue weighted by Gasteiger charge is -2.29. The monoisotopic (exact) mass is 259 g/mol. The zero-order chi connectivity index (χ0) is 13.2. The molecule has 1 aromatic carbocycles. The van der Waals surface area contributed by atoms with E-state index in [-0.39, 0.29) is 12.0 Å². The molecule has 2 bridgehead atoms. The summed E-state index contributed by atoms with van der Waals surface area (Å²) in [5.41, 5.74) is 1.59. The van der Waals surface area contributed by atoms with Crippen molar-refractivity contribution in [2.75, 3.05) is 7.11 Å². The molecule has 4 rings (SSSR count). The molecule has 0 amide bonds. The Morgan fingerprint density at radius 1 is 1.42 bits per heavy atom. The molecule has 0 radical (unpaired) electrons. The van der Waals surface area contributed by atoms with Crippen molar-refractivity contribution in [1.29, 1.82) is 0 Å². The highest BCUT2D eigenvalue weighted by molar-refractivity contribution is 5.93. The standard InChI is InChI=1S/C14H13NO4/c1-7-10-11-8-5-3-4-6-9(8)14(18-11,13(16)17-2)12(10)19-15-7/h3-6,10-12H,1-2H3/t10-,11-,12-,14+/m0/s1. The van der Waals surface area contributed by atoms with Gasteiger partial charge in [0.1, 0.15) is 0 Å². The lowest BCUT2D eigenvalue weighted by Crippen LogP contribution is -2.47. The Labute approximate surface area is 110 Å². The Kier molecular flexibility index (Phi) is 1.94. The second-order valence-corrected chi connectivity index (χ2v) is 5.14. The number of esters is 1. The number of benzene rings is 1. The van der Waals surface area contributed by atoms with Crippen molar-refractivity contribution in [2.24, 2.45) is 11.1 Å². The van der Waals surface area contributed by atoms with Crippen molar-refractivity contribution in [3.63, 3.8) is 0 Å². The average Bonchev–Trinajstić information content (AvgIpc) is 3.08. The molecule has 0 unspecified atom stereocenters. The molecule has 3 aliphatic heterocycles. The van der Waals surface area contributed by atoms with Crippen LogP contribution in [0.3, 0.4) is 0 Å². The van der Waals surface area contributed by atoms with E-state index in [0.29, 0.717) is 0 Å². The van der Waals surface area contributed by atoms with Gasteiger partial charge in [0.2, 0.25) is 5.60 Å². The summed E-state index contributed by atoms with van der Waals surface area (Å²) in [6.45, 7) is 1.91. The molecule has 0 aliphatic carbocycles. The van der Waals surface area contributed by atoms with Crippen molar-refractivity contribution in [1.82, 2.24) is 0 Å². The summed E-state index contributed by atoms with van der Waals surface area (Å²) in [7, 11) is 1.37. The van der Waals surface area contributed by atoms with E-state index in [9.17, 15) is 4.79 Å². The predicted molar refractivity (Wildman–Crippen MR) is 65.4 cm³/mol. The maximum absolute atomic E-state index is 12.3. The number of fused-ring (bicyclic) bond motifs is 8. The van der Waals surface area contributed by atoms with Crippen LogP contribution in [0.15, 0.2) is 29.4 Å². The van der Waals surface area contributed by atoms with Gasteiger partial charge in [-0.05, 0) is 12.5 Å². The summed E-state index contributed by atoms with van der Waals surface area (Å²) in [6, 6.07) is 7.74. The van der Waals surface area contributed by atoms with Gasteiger partial charge in [-0.15, -0.1) is 0 Å². The zero-order valence-electron chi connectivity index (χ0n) is 10.6. The predicted octanol–water partition coefficient (Wildman–Crippen LogP) is 1.53. The van der Waals surface area contributed by atoms with E-state index >= 15 is 0 Å². The van der Waals surface area contributed by atoms with Gasteiger partial charge < -0.3 is 14.3 Å². The summed E-state index contributed by atoms with van der Waals surface area (Å²) in [4.78, 5) is 17.8. The van der Waals surface area contributed by atoms with E-state index < -0.39 is 17.7 Å². The average molecular weight is 259 g/mol. The lowest BCUT2D eigenvalue weighted by atomic mass is 9.73. The Balaban J connectivity index is 1.96. The fourth-order valence-corrected chi connectivity index (χ4v) is 3.51. The largest absolute Gasteiger partial charge is 0.467 e. The van der Waals surface area contributed by atoms with Crippen LogP contribution >= 0.6 is 0 Å². The van der Waals surface area contributed by atoms with Crippen LogP contribution in [0.2, 0.25) is 0 Å². The highest BCUT2D eigenvalue weighted by Crippen LogP contribution is 2.60. The molecule has 1 aromatic rings. The van der Waals surface area contributed by atoms with E-state index in [1.165, 1.54) is 7.11 Å². The molecular formula is C14H13NO4. The third-order valence-electron chi connectivity index (χ3n) is 4.31. The third-order valence-corrected chi connectivity index (χ3v) is 4.31. The first-order valence-corrected chi connectivity index (χ1v) is 6.26. The molecule has 3 aliphatic rings. The fourth-order valence-electron chi connectivity index (χ4n) is 3.51. The zero-order valence-corrected chi connectivity index (χ0v) is 10.6. The Hall–Kier alpha value is -1.88. The van der Waals surface area contributed by atoms with E-state index in [4.69, 9.17) is 14.3 Å². The Bertz CT molecular complexity index is 611. The molecule has 1 fully saturated rings. The molecule has 5 heteroatoms. The number of hydrogen-bond donors (Lipinski definition) is 0. The maximum atomic E-state index is 12.3. The van der Waals surface area contributed by atoms with Crippen LogP contribution in [0.5, 0.6) is 0 Å². The molecule has 19 heavy (non-hydrogen) atoms. The highest BCUT2D eigenvalue weighted by Gasteiger charge is 2.71. The minimum atomic E-state index is -1.16. The second-order valence-electron chi connectivity index (χ2n) is 5.14. The van der Waals surface area contributed by atoms with Gasteiger partial charge in [0.05, 0.1) is 24.8 Å². The Morgan fingerprint density at radius 3 is 3.00 bits per heavy atom. The molecule has 0 aromatic heterocycles. The first-order valence-electron chi connectivity index (χ1n) is 6.26. The topological polar surface area (TPSA) is 57.1 Å². The van der Waals surface area contributed by atoms with Crippen LogP contribution in [-0.2, 0) is 24.7 Å². The summed E-state index contributed by atoms with van der Waals surface area (Å²) in [5.74, 6) is -0.422. The van der Waals surface area contributed by atoms with Crippen molar-refractivity contribution in [3.05, 3.63) is 35.4 Å². The fraction of sp³-hybridized carbons (Fsp3) is 0.429. The summed E-state index contributed by atoms with van der Waals surface area (Å²) in [5, 5.41) is 4.04. The molecule has 3 heterocycles. The van der Waals surface area contributed by atoms with Crippen LogP contribution in [0.1, 0.15) is 24.2 Å². The maximum Gasteiger partial charge on any atom is 0.347 e. The number of nitrogens with zero attached hydrogens (tertiary/aromatic N) is 1. The van der Waals surface area contributed by atoms with E-state index in [0.717, 1.165) is 16.8 Å². The molecule has 1 saturated heterocycles.